The molecule has 0 unspecified atom stereocenters. The molecule has 0 aliphatic heterocycles. The van der Waals surface area contributed by atoms with Gasteiger partial charge in [-0.1, -0.05) is 29.8 Å². The molecule has 1 heterocycles. The van der Waals surface area contributed by atoms with E-state index in [-0.39, 0.29) is 6.54 Å². The Morgan fingerprint density at radius 1 is 1.20 bits per heavy atom. The van der Waals surface area contributed by atoms with Crippen LogP contribution in [0.4, 0.5) is 4.39 Å². The zero-order valence-corrected chi connectivity index (χ0v) is 12.1. The van der Waals surface area contributed by atoms with E-state index in [0.29, 0.717) is 0 Å². The smallest absolute Gasteiger partial charge is 0.241 e. The first kappa shape index (κ1) is 14.6. The highest BCUT2D eigenvalue weighted by Crippen LogP contribution is 2.17. The number of sulfonamides is 1. The molecule has 1 aromatic carbocycles. The minimum Gasteiger partial charge on any atom is -0.241 e. The van der Waals surface area contributed by atoms with Gasteiger partial charge in [0.25, 0.3) is 10.0 Å². The summed E-state index contributed by atoms with van der Waals surface area (Å²) in [5, 5.41) is -0.547. The zero-order chi connectivity index (χ0) is 14.8. The van der Waals surface area contributed by atoms with Gasteiger partial charge in [-0.05, 0) is 24.6 Å². The molecule has 2 rings (SSSR count). The first-order valence-corrected chi connectivity index (χ1v) is 7.47. The molecular weight excluding hydrogens is 279 g/mol. The Kier molecular flexibility index (Phi) is 4.15. The average molecular weight is 294 g/mol. The maximum absolute atomic E-state index is 13.6. The summed E-state index contributed by atoms with van der Waals surface area (Å²) in [6, 6.07) is 9.93. The highest BCUT2D eigenvalue weighted by Gasteiger charge is 2.25. The molecule has 0 N–H and O–H groups in total. The summed E-state index contributed by atoms with van der Waals surface area (Å²) in [6.45, 7) is 2.12. The normalized spacial score (nSPS) is 11.8. The lowest BCUT2D eigenvalue weighted by Crippen LogP contribution is -2.28. The van der Waals surface area contributed by atoms with Crippen LogP contribution in [0.3, 0.4) is 0 Å². The predicted molar refractivity (Wildman–Crippen MR) is 74.0 cm³/mol. The maximum Gasteiger partial charge on any atom is 0.263 e. The SMILES string of the molecule is Cc1ccc(CN(C)S(=O)(=O)c2ncccc2F)cc1. The second kappa shape index (κ2) is 5.68. The molecule has 2 aromatic rings. The number of aryl methyl sites for hydroxylation is 1. The molecule has 0 aliphatic rings. The molecule has 0 radical (unpaired) electrons. The van der Waals surface area contributed by atoms with Gasteiger partial charge in [-0.3, -0.25) is 0 Å². The highest BCUT2D eigenvalue weighted by molar-refractivity contribution is 7.89. The maximum atomic E-state index is 13.6. The lowest BCUT2D eigenvalue weighted by molar-refractivity contribution is 0.454. The monoisotopic (exact) mass is 294 g/mol. The summed E-state index contributed by atoms with van der Waals surface area (Å²) in [5.41, 5.74) is 1.92. The van der Waals surface area contributed by atoms with Crippen LogP contribution in [0.2, 0.25) is 0 Å². The van der Waals surface area contributed by atoms with E-state index in [4.69, 9.17) is 0 Å². The van der Waals surface area contributed by atoms with E-state index >= 15 is 0 Å². The molecule has 0 saturated heterocycles. The topological polar surface area (TPSA) is 50.3 Å². The van der Waals surface area contributed by atoms with Gasteiger partial charge in [-0.2, -0.15) is 4.31 Å². The minimum atomic E-state index is -3.93. The van der Waals surface area contributed by atoms with Gasteiger partial charge in [-0.25, -0.2) is 17.8 Å². The molecule has 0 aliphatic carbocycles. The largest absolute Gasteiger partial charge is 0.263 e. The molecule has 1 aromatic heterocycles. The van der Waals surface area contributed by atoms with E-state index in [0.717, 1.165) is 21.5 Å². The summed E-state index contributed by atoms with van der Waals surface area (Å²) in [7, 11) is -2.52. The number of hydrogen-bond acceptors (Lipinski definition) is 3. The van der Waals surface area contributed by atoms with Crippen molar-refractivity contribution in [1.29, 1.82) is 0 Å². The number of hydrogen-bond donors (Lipinski definition) is 0. The lowest BCUT2D eigenvalue weighted by Gasteiger charge is -2.17. The van der Waals surface area contributed by atoms with Gasteiger partial charge >= 0.3 is 0 Å². The Balaban J connectivity index is 2.26. The van der Waals surface area contributed by atoms with E-state index in [1.165, 1.54) is 19.3 Å². The number of halogens is 1. The van der Waals surface area contributed by atoms with Gasteiger partial charge in [0.1, 0.15) is 0 Å². The number of rotatable bonds is 4. The molecule has 6 heteroatoms. The molecule has 0 bridgehead atoms. The second-order valence-electron chi connectivity index (χ2n) is 4.54. The summed E-state index contributed by atoms with van der Waals surface area (Å²) in [4.78, 5) is 3.62. The second-order valence-corrected chi connectivity index (χ2v) is 6.50. The Bertz CT molecular complexity index is 699. The van der Waals surface area contributed by atoms with E-state index in [2.05, 4.69) is 4.98 Å². The minimum absolute atomic E-state index is 0.165. The Morgan fingerprint density at radius 3 is 2.45 bits per heavy atom. The molecule has 0 saturated carbocycles. The first-order chi connectivity index (χ1) is 9.41. The quantitative estimate of drug-likeness (QED) is 0.869. The lowest BCUT2D eigenvalue weighted by atomic mass is 10.1. The van der Waals surface area contributed by atoms with Crippen molar-refractivity contribution in [3.63, 3.8) is 0 Å². The van der Waals surface area contributed by atoms with E-state index in [1.54, 1.807) is 0 Å². The fraction of sp³-hybridized carbons (Fsp3) is 0.214. The summed E-state index contributed by atoms with van der Waals surface area (Å²) in [5.74, 6) is -0.844. The average Bonchev–Trinajstić information content (AvgIpc) is 2.41. The van der Waals surface area contributed by atoms with Crippen molar-refractivity contribution in [2.45, 2.75) is 18.5 Å². The van der Waals surface area contributed by atoms with Crippen molar-refractivity contribution in [3.8, 4) is 0 Å². The van der Waals surface area contributed by atoms with Gasteiger partial charge in [-0.15, -0.1) is 0 Å². The predicted octanol–water partition coefficient (Wildman–Crippen LogP) is 2.35. The molecule has 0 atom stereocenters. The van der Waals surface area contributed by atoms with Crippen molar-refractivity contribution in [2.24, 2.45) is 0 Å². The van der Waals surface area contributed by atoms with Gasteiger partial charge < -0.3 is 0 Å². The Hall–Kier alpha value is -1.79. The van der Waals surface area contributed by atoms with Crippen molar-refractivity contribution < 1.29 is 12.8 Å². The molecule has 0 amide bonds. The number of aromatic nitrogens is 1. The molecule has 106 valence electrons. The standard InChI is InChI=1S/C14H15FN2O2S/c1-11-5-7-12(8-6-11)10-17(2)20(18,19)14-13(15)4-3-9-16-14/h3-9H,10H2,1-2H3. The third-order valence-corrected chi connectivity index (χ3v) is 4.64. The summed E-state index contributed by atoms with van der Waals surface area (Å²) >= 11 is 0. The van der Waals surface area contributed by atoms with Crippen LogP contribution in [0.25, 0.3) is 0 Å². The van der Waals surface area contributed by atoms with E-state index in [9.17, 15) is 12.8 Å². The van der Waals surface area contributed by atoms with Crippen LogP contribution in [0, 0.1) is 12.7 Å². The third kappa shape index (κ3) is 3.02. The van der Waals surface area contributed by atoms with Crippen LogP contribution in [0.15, 0.2) is 47.6 Å². The van der Waals surface area contributed by atoms with Gasteiger partial charge in [0.2, 0.25) is 5.03 Å². The van der Waals surface area contributed by atoms with E-state index < -0.39 is 20.9 Å². The summed E-state index contributed by atoms with van der Waals surface area (Å²) < 4.78 is 39.2. The van der Waals surface area contributed by atoms with Crippen LogP contribution in [-0.4, -0.2) is 24.8 Å². The fourth-order valence-corrected chi connectivity index (χ4v) is 2.87. The number of pyridine rings is 1. The third-order valence-electron chi connectivity index (χ3n) is 2.91. The first-order valence-electron chi connectivity index (χ1n) is 6.03. The summed E-state index contributed by atoms with van der Waals surface area (Å²) in [6.07, 6.45) is 1.26. The number of benzene rings is 1. The van der Waals surface area contributed by atoms with Gasteiger partial charge in [0.15, 0.2) is 5.82 Å². The van der Waals surface area contributed by atoms with Gasteiger partial charge in [0, 0.05) is 19.8 Å². The van der Waals surface area contributed by atoms with Crippen molar-refractivity contribution >= 4 is 10.0 Å². The zero-order valence-electron chi connectivity index (χ0n) is 11.2. The molecule has 0 fully saturated rings. The van der Waals surface area contributed by atoms with Gasteiger partial charge in [0.05, 0.1) is 0 Å². The van der Waals surface area contributed by atoms with E-state index in [1.807, 2.05) is 31.2 Å². The molecular formula is C14H15FN2O2S. The van der Waals surface area contributed by atoms with Crippen molar-refractivity contribution in [2.75, 3.05) is 7.05 Å². The Morgan fingerprint density at radius 2 is 1.85 bits per heavy atom. The Labute approximate surface area is 117 Å². The number of nitrogens with zero attached hydrogens (tertiary/aromatic N) is 2. The highest BCUT2D eigenvalue weighted by atomic mass is 32.2. The molecule has 20 heavy (non-hydrogen) atoms. The molecule has 4 nitrogen and oxygen atoms in total. The van der Waals surface area contributed by atoms with Crippen molar-refractivity contribution in [1.82, 2.24) is 9.29 Å². The van der Waals surface area contributed by atoms with Crippen molar-refractivity contribution in [3.05, 3.63) is 59.5 Å². The van der Waals surface area contributed by atoms with Crippen LogP contribution in [0.1, 0.15) is 11.1 Å². The molecule has 0 spiro atoms. The van der Waals surface area contributed by atoms with Crippen LogP contribution in [-0.2, 0) is 16.6 Å². The van der Waals surface area contributed by atoms with Crippen LogP contribution < -0.4 is 0 Å². The fourth-order valence-electron chi connectivity index (χ4n) is 1.74. The van der Waals surface area contributed by atoms with Crippen LogP contribution in [0.5, 0.6) is 0 Å². The van der Waals surface area contributed by atoms with Crippen LogP contribution >= 0.6 is 0 Å².